The Bertz CT molecular complexity index is 709. The molecule has 1 atom stereocenters. The Morgan fingerprint density at radius 2 is 1.71 bits per heavy atom. The van der Waals surface area contributed by atoms with E-state index in [1.165, 1.54) is 6.26 Å². The number of hydrogen-bond acceptors (Lipinski definition) is 4. The zero-order valence-electron chi connectivity index (χ0n) is 12.3. The van der Waals surface area contributed by atoms with Gasteiger partial charge in [-0.15, -0.1) is 0 Å². The second kappa shape index (κ2) is 6.28. The van der Waals surface area contributed by atoms with Gasteiger partial charge in [-0.1, -0.05) is 24.3 Å². The number of methoxy groups -OCH3 is 1. The van der Waals surface area contributed by atoms with E-state index < -0.39 is 9.84 Å². The molecule has 2 rings (SSSR count). The van der Waals surface area contributed by atoms with Crippen LogP contribution in [0.15, 0.2) is 53.4 Å². The number of ether oxygens (including phenoxy) is 1. The summed E-state index contributed by atoms with van der Waals surface area (Å²) >= 11 is 0. The molecule has 2 aromatic rings. The van der Waals surface area contributed by atoms with Crippen LogP contribution in [0.5, 0.6) is 5.75 Å². The van der Waals surface area contributed by atoms with Crippen molar-refractivity contribution in [2.24, 2.45) is 0 Å². The molecule has 0 bridgehead atoms. The molecular weight excluding hydrogens is 286 g/mol. The van der Waals surface area contributed by atoms with Crippen LogP contribution in [0.2, 0.25) is 0 Å². The van der Waals surface area contributed by atoms with Crippen molar-refractivity contribution in [3.63, 3.8) is 0 Å². The fourth-order valence-electron chi connectivity index (χ4n) is 2.25. The zero-order valence-corrected chi connectivity index (χ0v) is 13.1. The van der Waals surface area contributed by atoms with Gasteiger partial charge in [0.25, 0.3) is 0 Å². The van der Waals surface area contributed by atoms with Crippen LogP contribution in [0.4, 0.5) is 0 Å². The third-order valence-corrected chi connectivity index (χ3v) is 4.49. The van der Waals surface area contributed by atoms with E-state index in [1.54, 1.807) is 19.2 Å². The van der Waals surface area contributed by atoms with Crippen molar-refractivity contribution in [2.75, 3.05) is 20.4 Å². The number of nitrogens with one attached hydrogen (secondary N) is 1. The van der Waals surface area contributed by atoms with Gasteiger partial charge >= 0.3 is 0 Å². The molecule has 2 aromatic carbocycles. The summed E-state index contributed by atoms with van der Waals surface area (Å²) in [5, 5.41) is 3.24. The predicted molar refractivity (Wildman–Crippen MR) is 83.4 cm³/mol. The summed E-state index contributed by atoms with van der Waals surface area (Å²) in [6.45, 7) is 0. The summed E-state index contributed by atoms with van der Waals surface area (Å²) in [6.07, 6.45) is 1.21. The third-order valence-electron chi connectivity index (χ3n) is 3.36. The van der Waals surface area contributed by atoms with Gasteiger partial charge in [0.1, 0.15) is 5.75 Å². The smallest absolute Gasteiger partial charge is 0.175 e. The van der Waals surface area contributed by atoms with Crippen LogP contribution in [0.1, 0.15) is 17.2 Å². The minimum absolute atomic E-state index is 0.0197. The van der Waals surface area contributed by atoms with Gasteiger partial charge in [-0.25, -0.2) is 8.42 Å². The molecule has 0 saturated carbocycles. The Kier molecular flexibility index (Phi) is 4.65. The third kappa shape index (κ3) is 3.62. The topological polar surface area (TPSA) is 55.4 Å². The SMILES string of the molecule is CNC(c1ccc(S(C)(=O)=O)cc1)c1cccc(OC)c1. The standard InChI is InChI=1S/C16H19NO3S/c1-17-16(13-5-4-6-14(11-13)20-2)12-7-9-15(10-8-12)21(3,18)19/h4-11,16-17H,1-3H3. The Morgan fingerprint density at radius 1 is 1.05 bits per heavy atom. The summed E-state index contributed by atoms with van der Waals surface area (Å²) in [7, 11) is 0.335. The van der Waals surface area contributed by atoms with Crippen LogP contribution in [0.25, 0.3) is 0 Å². The molecule has 0 aliphatic rings. The van der Waals surface area contributed by atoms with Gasteiger partial charge < -0.3 is 10.1 Å². The maximum absolute atomic E-state index is 11.5. The lowest BCUT2D eigenvalue weighted by Crippen LogP contribution is -2.17. The van der Waals surface area contributed by atoms with Crippen molar-refractivity contribution in [2.45, 2.75) is 10.9 Å². The molecule has 0 aliphatic heterocycles. The molecular formula is C16H19NO3S. The first-order chi connectivity index (χ1) is 9.95. The Labute approximate surface area is 125 Å². The van der Waals surface area contributed by atoms with Crippen molar-refractivity contribution >= 4 is 9.84 Å². The molecule has 1 N–H and O–H groups in total. The van der Waals surface area contributed by atoms with Crippen molar-refractivity contribution in [3.8, 4) is 5.75 Å². The van der Waals surface area contributed by atoms with E-state index in [0.717, 1.165) is 16.9 Å². The van der Waals surface area contributed by atoms with Crippen molar-refractivity contribution in [1.29, 1.82) is 0 Å². The first kappa shape index (κ1) is 15.5. The van der Waals surface area contributed by atoms with Gasteiger partial charge in [0.05, 0.1) is 18.0 Å². The highest BCUT2D eigenvalue weighted by atomic mass is 32.2. The van der Waals surface area contributed by atoms with E-state index in [-0.39, 0.29) is 6.04 Å². The van der Waals surface area contributed by atoms with Crippen molar-refractivity contribution in [3.05, 3.63) is 59.7 Å². The first-order valence-corrected chi connectivity index (χ1v) is 8.46. The lowest BCUT2D eigenvalue weighted by atomic mass is 9.99. The maximum atomic E-state index is 11.5. The molecule has 0 spiro atoms. The number of benzene rings is 2. The van der Waals surface area contributed by atoms with Gasteiger partial charge in [0.15, 0.2) is 9.84 Å². The quantitative estimate of drug-likeness (QED) is 0.921. The lowest BCUT2D eigenvalue weighted by molar-refractivity contribution is 0.414. The first-order valence-electron chi connectivity index (χ1n) is 6.57. The maximum Gasteiger partial charge on any atom is 0.175 e. The minimum atomic E-state index is -3.17. The number of sulfone groups is 1. The highest BCUT2D eigenvalue weighted by Crippen LogP contribution is 2.25. The Hall–Kier alpha value is -1.85. The van der Waals surface area contributed by atoms with Gasteiger partial charge in [-0.2, -0.15) is 0 Å². The average Bonchev–Trinajstić information content (AvgIpc) is 2.48. The summed E-state index contributed by atoms with van der Waals surface area (Å²) in [5.41, 5.74) is 2.06. The van der Waals surface area contributed by atoms with Crippen molar-refractivity contribution < 1.29 is 13.2 Å². The summed E-state index contributed by atoms with van der Waals surface area (Å²) < 4.78 is 28.3. The molecule has 0 saturated heterocycles. The molecule has 112 valence electrons. The van der Waals surface area contributed by atoms with E-state index in [2.05, 4.69) is 5.32 Å². The highest BCUT2D eigenvalue weighted by molar-refractivity contribution is 7.90. The molecule has 4 nitrogen and oxygen atoms in total. The van der Waals surface area contributed by atoms with Gasteiger partial charge in [0.2, 0.25) is 0 Å². The average molecular weight is 305 g/mol. The van der Waals surface area contributed by atoms with Crippen LogP contribution >= 0.6 is 0 Å². The van der Waals surface area contributed by atoms with E-state index in [1.807, 2.05) is 43.4 Å². The predicted octanol–water partition coefficient (Wildman–Crippen LogP) is 2.41. The molecule has 0 fully saturated rings. The second-order valence-corrected chi connectivity index (χ2v) is 6.86. The Balaban J connectivity index is 2.37. The van der Waals surface area contributed by atoms with Gasteiger partial charge in [0, 0.05) is 6.26 Å². The summed E-state index contributed by atoms with van der Waals surface area (Å²) in [6, 6.07) is 14.7. The minimum Gasteiger partial charge on any atom is -0.497 e. The van der Waals surface area contributed by atoms with E-state index >= 15 is 0 Å². The van der Waals surface area contributed by atoms with Crippen LogP contribution in [-0.4, -0.2) is 28.8 Å². The number of rotatable bonds is 5. The fourth-order valence-corrected chi connectivity index (χ4v) is 2.88. The molecule has 0 heterocycles. The lowest BCUT2D eigenvalue weighted by Gasteiger charge is -2.18. The van der Waals surface area contributed by atoms with Crippen LogP contribution in [0, 0.1) is 0 Å². The van der Waals surface area contributed by atoms with E-state index in [9.17, 15) is 8.42 Å². The largest absolute Gasteiger partial charge is 0.497 e. The van der Waals surface area contributed by atoms with Crippen LogP contribution < -0.4 is 10.1 Å². The number of hydrogen-bond donors (Lipinski definition) is 1. The highest BCUT2D eigenvalue weighted by Gasteiger charge is 2.14. The Morgan fingerprint density at radius 3 is 2.24 bits per heavy atom. The molecule has 5 heteroatoms. The molecule has 0 amide bonds. The van der Waals surface area contributed by atoms with Crippen molar-refractivity contribution in [1.82, 2.24) is 5.32 Å². The second-order valence-electron chi connectivity index (χ2n) is 4.84. The van der Waals surface area contributed by atoms with Gasteiger partial charge in [-0.05, 0) is 42.4 Å². The van der Waals surface area contributed by atoms with Gasteiger partial charge in [-0.3, -0.25) is 0 Å². The molecule has 0 radical (unpaired) electrons. The molecule has 0 aliphatic carbocycles. The normalized spacial score (nSPS) is 12.9. The van der Waals surface area contributed by atoms with E-state index in [4.69, 9.17) is 4.74 Å². The zero-order chi connectivity index (χ0) is 15.5. The molecule has 0 aromatic heterocycles. The fraction of sp³-hybridized carbons (Fsp3) is 0.250. The summed E-state index contributed by atoms with van der Waals surface area (Å²) in [5.74, 6) is 0.792. The monoisotopic (exact) mass is 305 g/mol. The molecule has 1 unspecified atom stereocenters. The van der Waals surface area contributed by atoms with E-state index in [0.29, 0.717) is 4.90 Å². The van der Waals surface area contributed by atoms with Crippen LogP contribution in [0.3, 0.4) is 0 Å². The summed E-state index contributed by atoms with van der Waals surface area (Å²) in [4.78, 5) is 0.326. The van der Waals surface area contributed by atoms with Crippen LogP contribution in [-0.2, 0) is 9.84 Å². The molecule has 21 heavy (non-hydrogen) atoms.